The fraction of sp³-hybridized carbons (Fsp3) is 0. The molecule has 6 nitrogen and oxygen atoms in total. The van der Waals surface area contributed by atoms with Crippen LogP contribution in [0.2, 0.25) is 0 Å². The highest BCUT2D eigenvalue weighted by atomic mass is 16.5. The molecule has 2 aromatic rings. The Morgan fingerprint density at radius 2 is 1.81 bits per heavy atom. The number of aromatic nitrogens is 2. The third-order valence-corrected chi connectivity index (χ3v) is 2.19. The smallest absolute Gasteiger partial charge is 0.308 e. The third-order valence-electron chi connectivity index (χ3n) is 2.19. The fourth-order valence-corrected chi connectivity index (χ4v) is 1.44. The Morgan fingerprint density at radius 1 is 1.06 bits per heavy atom. The molecule has 0 N–H and O–H groups in total. The van der Waals surface area contributed by atoms with Crippen molar-refractivity contribution in [1.82, 2.24) is 0 Å². The van der Waals surface area contributed by atoms with Gasteiger partial charge in [0.15, 0.2) is 18.3 Å². The standard InChI is InChI=1S/C10H4N4O2/c11-5-7-1-2-8-9(14(7)16)3-4-13(15)10(8)6-12/h1-4H. The molecule has 0 aliphatic carbocycles. The molecule has 0 fully saturated rings. The van der Waals surface area contributed by atoms with Crippen LogP contribution in [0.25, 0.3) is 10.9 Å². The molecule has 16 heavy (non-hydrogen) atoms. The minimum Gasteiger partial charge on any atom is -0.618 e. The zero-order valence-electron chi connectivity index (χ0n) is 7.91. The fourth-order valence-electron chi connectivity index (χ4n) is 1.44. The van der Waals surface area contributed by atoms with Crippen LogP contribution in [0.1, 0.15) is 11.4 Å². The summed E-state index contributed by atoms with van der Waals surface area (Å²) in [5.74, 6) is 0. The van der Waals surface area contributed by atoms with E-state index in [0.29, 0.717) is 9.46 Å². The summed E-state index contributed by atoms with van der Waals surface area (Å²) in [5.41, 5.74) is -0.116. The Labute approximate surface area is 90.0 Å². The number of fused-ring (bicyclic) bond motifs is 1. The lowest BCUT2D eigenvalue weighted by Gasteiger charge is -2.04. The monoisotopic (exact) mass is 212 g/mol. The van der Waals surface area contributed by atoms with Crippen LogP contribution in [-0.2, 0) is 0 Å². The Hall–Kier alpha value is -2.86. The second kappa shape index (κ2) is 3.37. The van der Waals surface area contributed by atoms with Crippen molar-refractivity contribution in [2.75, 3.05) is 0 Å². The van der Waals surface area contributed by atoms with Crippen molar-refractivity contribution in [2.45, 2.75) is 0 Å². The summed E-state index contributed by atoms with van der Waals surface area (Å²) in [6, 6.07) is 7.40. The van der Waals surface area contributed by atoms with Crippen molar-refractivity contribution >= 4 is 10.9 Å². The first-order valence-electron chi connectivity index (χ1n) is 4.27. The van der Waals surface area contributed by atoms with E-state index in [9.17, 15) is 10.4 Å². The number of hydrogen-bond acceptors (Lipinski definition) is 4. The average molecular weight is 212 g/mol. The molecule has 0 aromatic carbocycles. The van der Waals surface area contributed by atoms with Gasteiger partial charge in [-0.1, -0.05) is 0 Å². The molecule has 0 bridgehead atoms. The second-order valence-electron chi connectivity index (χ2n) is 3.03. The van der Waals surface area contributed by atoms with Gasteiger partial charge in [-0.25, -0.2) is 0 Å². The highest BCUT2D eigenvalue weighted by Gasteiger charge is 2.18. The van der Waals surface area contributed by atoms with E-state index < -0.39 is 0 Å². The molecule has 0 aliphatic heterocycles. The predicted molar refractivity (Wildman–Crippen MR) is 51.3 cm³/mol. The lowest BCUT2D eigenvalue weighted by molar-refractivity contribution is -0.610. The maximum atomic E-state index is 11.6. The van der Waals surface area contributed by atoms with E-state index in [0.717, 1.165) is 6.20 Å². The van der Waals surface area contributed by atoms with Crippen molar-refractivity contribution in [2.24, 2.45) is 0 Å². The van der Waals surface area contributed by atoms with E-state index in [1.165, 1.54) is 18.2 Å². The summed E-state index contributed by atoms with van der Waals surface area (Å²) in [6.07, 6.45) is 1.07. The van der Waals surface area contributed by atoms with Crippen molar-refractivity contribution < 1.29 is 9.46 Å². The molecule has 2 heterocycles. The summed E-state index contributed by atoms with van der Waals surface area (Å²) in [7, 11) is 0. The molecule has 2 aromatic heterocycles. The minimum absolute atomic E-state index is 0.0833. The first kappa shape index (κ1) is 9.69. The van der Waals surface area contributed by atoms with Gasteiger partial charge in [0.2, 0.25) is 5.52 Å². The van der Waals surface area contributed by atoms with E-state index in [4.69, 9.17) is 10.5 Å². The molecule has 0 saturated heterocycles. The zero-order chi connectivity index (χ0) is 11.7. The van der Waals surface area contributed by atoms with Gasteiger partial charge in [-0.2, -0.15) is 20.0 Å². The highest BCUT2D eigenvalue weighted by molar-refractivity contribution is 5.79. The SMILES string of the molecule is N#Cc1c2ccc(C#N)[n+]([O-])c2cc[n+]1[O-]. The van der Waals surface area contributed by atoms with Gasteiger partial charge in [-0.15, -0.1) is 0 Å². The van der Waals surface area contributed by atoms with Gasteiger partial charge in [0.05, 0.1) is 6.07 Å². The van der Waals surface area contributed by atoms with Crippen LogP contribution in [0.3, 0.4) is 0 Å². The molecule has 0 atom stereocenters. The lowest BCUT2D eigenvalue weighted by Crippen LogP contribution is -2.35. The Bertz CT molecular complexity index is 667. The van der Waals surface area contributed by atoms with E-state index >= 15 is 0 Å². The van der Waals surface area contributed by atoms with Gasteiger partial charge >= 0.3 is 5.69 Å². The number of nitriles is 2. The van der Waals surface area contributed by atoms with Gasteiger partial charge in [0, 0.05) is 6.07 Å². The van der Waals surface area contributed by atoms with Crippen LogP contribution in [-0.4, -0.2) is 0 Å². The van der Waals surface area contributed by atoms with Crippen LogP contribution >= 0.6 is 0 Å². The van der Waals surface area contributed by atoms with Crippen molar-refractivity contribution in [1.29, 1.82) is 10.5 Å². The largest absolute Gasteiger partial charge is 0.618 e. The molecule has 0 aliphatic rings. The van der Waals surface area contributed by atoms with Gasteiger partial charge in [0.1, 0.15) is 5.39 Å². The molecule has 6 heteroatoms. The van der Waals surface area contributed by atoms with Crippen molar-refractivity contribution in [3.63, 3.8) is 0 Å². The van der Waals surface area contributed by atoms with Gasteiger partial charge in [-0.3, -0.25) is 0 Å². The van der Waals surface area contributed by atoms with Gasteiger partial charge in [-0.05, 0) is 6.07 Å². The number of rotatable bonds is 0. The van der Waals surface area contributed by atoms with Crippen LogP contribution in [0.15, 0.2) is 24.4 Å². The molecular weight excluding hydrogens is 208 g/mol. The molecule has 0 unspecified atom stereocenters. The zero-order valence-corrected chi connectivity index (χ0v) is 7.91. The summed E-state index contributed by atoms with van der Waals surface area (Å²) in [6.45, 7) is 0. The van der Waals surface area contributed by atoms with Crippen LogP contribution in [0.4, 0.5) is 0 Å². The first-order valence-corrected chi connectivity index (χ1v) is 4.27. The highest BCUT2D eigenvalue weighted by Crippen LogP contribution is 2.11. The molecule has 0 spiro atoms. The summed E-state index contributed by atoms with van der Waals surface area (Å²) in [4.78, 5) is 0. The summed E-state index contributed by atoms with van der Waals surface area (Å²) in [5, 5.41) is 40.5. The Morgan fingerprint density at radius 3 is 2.44 bits per heavy atom. The van der Waals surface area contributed by atoms with Crippen LogP contribution < -0.4 is 9.46 Å². The van der Waals surface area contributed by atoms with Crippen LogP contribution in [0, 0.1) is 33.1 Å². The van der Waals surface area contributed by atoms with Crippen molar-refractivity contribution in [3.8, 4) is 12.1 Å². The van der Waals surface area contributed by atoms with Gasteiger partial charge in [0.25, 0.3) is 5.69 Å². The topological polar surface area (TPSA) is 101 Å². The Balaban J connectivity index is 2.97. The molecule has 0 radical (unpaired) electrons. The second-order valence-corrected chi connectivity index (χ2v) is 3.03. The molecule has 0 saturated carbocycles. The summed E-state index contributed by atoms with van der Waals surface area (Å²) < 4.78 is 0.782. The van der Waals surface area contributed by atoms with Crippen LogP contribution in [0.5, 0.6) is 0 Å². The Kier molecular flexibility index (Phi) is 2.04. The first-order chi connectivity index (χ1) is 7.69. The predicted octanol–water partition coefficient (Wildman–Crippen LogP) is -0.150. The molecular formula is C10H4N4O2. The molecule has 0 amide bonds. The van der Waals surface area contributed by atoms with Crippen molar-refractivity contribution in [3.05, 3.63) is 46.2 Å². The lowest BCUT2D eigenvalue weighted by atomic mass is 10.2. The maximum absolute atomic E-state index is 11.6. The van der Waals surface area contributed by atoms with E-state index in [-0.39, 0.29) is 22.3 Å². The maximum Gasteiger partial charge on any atom is 0.308 e. The number of pyridine rings is 2. The minimum atomic E-state index is -0.161. The molecule has 2 rings (SSSR count). The third kappa shape index (κ3) is 1.18. The quantitative estimate of drug-likeness (QED) is 0.447. The molecule has 76 valence electrons. The van der Waals surface area contributed by atoms with Gasteiger partial charge < -0.3 is 10.4 Å². The number of hydrogen-bond donors (Lipinski definition) is 0. The average Bonchev–Trinajstić information content (AvgIpc) is 2.29. The number of nitrogens with zero attached hydrogens (tertiary/aromatic N) is 4. The summed E-state index contributed by atoms with van der Waals surface area (Å²) >= 11 is 0. The normalized spacial score (nSPS) is 9.62. The van der Waals surface area contributed by atoms with E-state index in [2.05, 4.69) is 0 Å². The van der Waals surface area contributed by atoms with E-state index in [1.54, 1.807) is 12.1 Å². The van der Waals surface area contributed by atoms with E-state index in [1.807, 2.05) is 0 Å².